The van der Waals surface area contributed by atoms with Crippen LogP contribution in [0.15, 0.2) is 36.4 Å². The highest BCUT2D eigenvalue weighted by atomic mass is 32.1. The van der Waals surface area contributed by atoms with Crippen molar-refractivity contribution in [1.82, 2.24) is 4.98 Å². The van der Waals surface area contributed by atoms with E-state index in [-0.39, 0.29) is 17.1 Å². The van der Waals surface area contributed by atoms with E-state index in [9.17, 15) is 19.3 Å². The number of nitrogens with zero attached hydrogens (tertiary/aromatic N) is 3. The molecule has 128 valence electrons. The van der Waals surface area contributed by atoms with E-state index in [1.807, 2.05) is 0 Å². The van der Waals surface area contributed by atoms with Crippen molar-refractivity contribution >= 4 is 44.0 Å². The molecular formula is C16H13FN4O3S. The normalized spacial score (nSPS) is 10.7. The molecule has 25 heavy (non-hydrogen) atoms. The summed E-state index contributed by atoms with van der Waals surface area (Å²) in [4.78, 5) is 28.8. The van der Waals surface area contributed by atoms with Crippen LogP contribution in [0.25, 0.3) is 10.2 Å². The average molecular weight is 360 g/mol. The summed E-state index contributed by atoms with van der Waals surface area (Å²) in [6, 6.07) is 8.38. The molecule has 0 aliphatic rings. The number of benzene rings is 2. The number of amides is 1. The van der Waals surface area contributed by atoms with Crippen LogP contribution in [0.4, 0.5) is 20.9 Å². The third kappa shape index (κ3) is 3.41. The van der Waals surface area contributed by atoms with Crippen LogP contribution in [0, 0.1) is 15.9 Å². The molecule has 0 atom stereocenters. The second kappa shape index (κ2) is 6.44. The highest BCUT2D eigenvalue weighted by Crippen LogP contribution is 2.29. The van der Waals surface area contributed by atoms with E-state index < -0.39 is 10.8 Å². The molecule has 0 aliphatic carbocycles. The number of hydrogen-bond acceptors (Lipinski definition) is 6. The third-order valence-corrected chi connectivity index (χ3v) is 4.42. The minimum atomic E-state index is -0.535. The Bertz CT molecular complexity index is 987. The van der Waals surface area contributed by atoms with E-state index in [1.54, 1.807) is 19.0 Å². The second-order valence-electron chi connectivity index (χ2n) is 5.44. The first kappa shape index (κ1) is 16.8. The zero-order valence-electron chi connectivity index (χ0n) is 13.3. The molecule has 0 unspecified atom stereocenters. The Morgan fingerprint density at radius 3 is 2.72 bits per heavy atom. The number of nitro benzene ring substituents is 1. The molecule has 0 bridgehead atoms. The lowest BCUT2D eigenvalue weighted by Crippen LogP contribution is -2.14. The third-order valence-electron chi connectivity index (χ3n) is 3.49. The van der Waals surface area contributed by atoms with Crippen molar-refractivity contribution in [2.45, 2.75) is 0 Å². The number of halogens is 1. The highest BCUT2D eigenvalue weighted by Gasteiger charge is 2.19. The summed E-state index contributed by atoms with van der Waals surface area (Å²) in [5.41, 5.74) is 0.944. The number of thiazole rings is 1. The first-order valence-corrected chi connectivity index (χ1v) is 8.00. The molecule has 7 nitrogen and oxygen atoms in total. The maximum atomic E-state index is 13.2. The Hall–Kier alpha value is -3.07. The van der Waals surface area contributed by atoms with Crippen LogP contribution >= 0.6 is 11.3 Å². The molecule has 0 fully saturated rings. The Morgan fingerprint density at radius 2 is 2.04 bits per heavy atom. The Morgan fingerprint density at radius 1 is 1.28 bits per heavy atom. The smallest absolute Gasteiger partial charge is 0.293 e. The molecule has 0 saturated carbocycles. The van der Waals surface area contributed by atoms with Crippen LogP contribution in [0.3, 0.4) is 0 Å². The van der Waals surface area contributed by atoms with Crippen molar-refractivity contribution < 1.29 is 14.1 Å². The summed E-state index contributed by atoms with van der Waals surface area (Å²) in [7, 11) is 3.37. The SMILES string of the molecule is CN(C)c1ccc(C(=O)Nc2nc3ccc(F)cc3s2)cc1[N+](=O)[O-]. The lowest BCUT2D eigenvalue weighted by atomic mass is 10.1. The summed E-state index contributed by atoms with van der Waals surface area (Å²) >= 11 is 1.13. The predicted molar refractivity (Wildman–Crippen MR) is 95.0 cm³/mol. The maximum absolute atomic E-state index is 13.2. The largest absolute Gasteiger partial charge is 0.372 e. The molecule has 3 aromatic rings. The van der Waals surface area contributed by atoms with E-state index in [0.717, 1.165) is 11.3 Å². The molecular weight excluding hydrogens is 347 g/mol. The van der Waals surface area contributed by atoms with Gasteiger partial charge in [-0.2, -0.15) is 0 Å². The topological polar surface area (TPSA) is 88.4 Å². The summed E-state index contributed by atoms with van der Waals surface area (Å²) in [5.74, 6) is -0.906. The van der Waals surface area contributed by atoms with Crippen LogP contribution in [0.1, 0.15) is 10.4 Å². The maximum Gasteiger partial charge on any atom is 0.293 e. The van der Waals surface area contributed by atoms with Crippen molar-refractivity contribution in [3.8, 4) is 0 Å². The van der Waals surface area contributed by atoms with Gasteiger partial charge in [-0.25, -0.2) is 9.37 Å². The van der Waals surface area contributed by atoms with Gasteiger partial charge in [0.15, 0.2) is 5.13 Å². The van der Waals surface area contributed by atoms with Gasteiger partial charge in [0, 0.05) is 25.7 Å². The molecule has 1 aromatic heterocycles. The van der Waals surface area contributed by atoms with Crippen molar-refractivity contribution in [3.63, 3.8) is 0 Å². The molecule has 1 N–H and O–H groups in total. The Labute approximate surface area is 145 Å². The quantitative estimate of drug-likeness (QED) is 0.566. The molecule has 9 heteroatoms. The molecule has 0 saturated heterocycles. The summed E-state index contributed by atoms with van der Waals surface area (Å²) < 4.78 is 13.8. The van der Waals surface area contributed by atoms with E-state index in [1.165, 1.54) is 36.4 Å². The van der Waals surface area contributed by atoms with Crippen LogP contribution in [0.2, 0.25) is 0 Å². The van der Waals surface area contributed by atoms with Crippen molar-refractivity contribution in [3.05, 3.63) is 57.9 Å². The zero-order valence-corrected chi connectivity index (χ0v) is 14.1. The van der Waals surface area contributed by atoms with Gasteiger partial charge in [-0.05, 0) is 30.3 Å². The highest BCUT2D eigenvalue weighted by molar-refractivity contribution is 7.22. The fraction of sp³-hybridized carbons (Fsp3) is 0.125. The molecule has 0 spiro atoms. The number of nitrogens with one attached hydrogen (secondary N) is 1. The summed E-state index contributed by atoms with van der Waals surface area (Å²) in [6.07, 6.45) is 0. The number of nitro groups is 1. The van der Waals surface area contributed by atoms with Gasteiger partial charge in [-0.15, -0.1) is 0 Å². The lowest BCUT2D eigenvalue weighted by molar-refractivity contribution is -0.384. The van der Waals surface area contributed by atoms with Crippen LogP contribution in [0.5, 0.6) is 0 Å². The average Bonchev–Trinajstić information content (AvgIpc) is 2.95. The Balaban J connectivity index is 1.89. The summed E-state index contributed by atoms with van der Waals surface area (Å²) in [6.45, 7) is 0. The standard InChI is InChI=1S/C16H13FN4O3S/c1-20(2)12-6-3-9(7-13(12)21(23)24)15(22)19-16-18-11-5-4-10(17)8-14(11)25-16/h3-8H,1-2H3,(H,18,19,22). The van der Waals surface area contributed by atoms with Gasteiger partial charge in [0.2, 0.25) is 0 Å². The van der Waals surface area contributed by atoms with Gasteiger partial charge < -0.3 is 4.90 Å². The number of fused-ring (bicyclic) bond motifs is 1. The molecule has 2 aromatic carbocycles. The van der Waals surface area contributed by atoms with Gasteiger partial charge in [0.1, 0.15) is 11.5 Å². The number of rotatable bonds is 4. The van der Waals surface area contributed by atoms with Crippen molar-refractivity contribution in [1.29, 1.82) is 0 Å². The van der Waals surface area contributed by atoms with Crippen LogP contribution < -0.4 is 10.2 Å². The van der Waals surface area contributed by atoms with Crippen molar-refractivity contribution in [2.24, 2.45) is 0 Å². The lowest BCUT2D eigenvalue weighted by Gasteiger charge is -2.13. The van der Waals surface area contributed by atoms with E-state index in [4.69, 9.17) is 0 Å². The van der Waals surface area contributed by atoms with Gasteiger partial charge >= 0.3 is 0 Å². The fourth-order valence-electron chi connectivity index (χ4n) is 2.31. The second-order valence-corrected chi connectivity index (χ2v) is 6.47. The zero-order chi connectivity index (χ0) is 18.1. The Kier molecular flexibility index (Phi) is 4.32. The molecule has 0 radical (unpaired) electrons. The number of carbonyl (C=O) groups is 1. The molecule has 0 aliphatic heterocycles. The van der Waals surface area contributed by atoms with Crippen LogP contribution in [-0.2, 0) is 0 Å². The molecule has 1 heterocycles. The predicted octanol–water partition coefficient (Wildman–Crippen LogP) is 3.66. The minimum Gasteiger partial charge on any atom is -0.372 e. The van der Waals surface area contributed by atoms with Crippen molar-refractivity contribution in [2.75, 3.05) is 24.3 Å². The fourth-order valence-corrected chi connectivity index (χ4v) is 3.20. The van der Waals surface area contributed by atoms with E-state index >= 15 is 0 Å². The first-order chi connectivity index (χ1) is 11.8. The minimum absolute atomic E-state index is 0.141. The van der Waals surface area contributed by atoms with Gasteiger partial charge in [-0.1, -0.05) is 11.3 Å². The van der Waals surface area contributed by atoms with Gasteiger partial charge in [0.05, 0.1) is 15.1 Å². The number of aromatic nitrogens is 1. The van der Waals surface area contributed by atoms with Gasteiger partial charge in [-0.3, -0.25) is 20.2 Å². The molecule has 1 amide bonds. The van der Waals surface area contributed by atoms with E-state index in [2.05, 4.69) is 10.3 Å². The van der Waals surface area contributed by atoms with Crippen LogP contribution in [-0.4, -0.2) is 29.9 Å². The molecule has 3 rings (SSSR count). The number of hydrogen-bond donors (Lipinski definition) is 1. The first-order valence-electron chi connectivity index (χ1n) is 7.18. The van der Waals surface area contributed by atoms with Gasteiger partial charge in [0.25, 0.3) is 11.6 Å². The van der Waals surface area contributed by atoms with E-state index in [0.29, 0.717) is 21.0 Å². The number of carbonyl (C=O) groups excluding carboxylic acids is 1. The monoisotopic (exact) mass is 360 g/mol. The summed E-state index contributed by atoms with van der Waals surface area (Å²) in [5, 5.41) is 14.1. The number of anilines is 2.